The number of hydrogen-bond donors (Lipinski definition) is 4. The van der Waals surface area contributed by atoms with Crippen LogP contribution in [-0.4, -0.2) is 53.0 Å². The molecule has 10 heteroatoms. The Bertz CT molecular complexity index is 1360. The lowest BCUT2D eigenvalue weighted by Crippen LogP contribution is -2.32. The number of ether oxygens (including phenoxy) is 1. The van der Waals surface area contributed by atoms with Gasteiger partial charge in [-0.3, -0.25) is 24.5 Å². The van der Waals surface area contributed by atoms with Gasteiger partial charge < -0.3 is 25.0 Å². The van der Waals surface area contributed by atoms with Crippen LogP contribution in [-0.2, 0) is 27.2 Å². The van der Waals surface area contributed by atoms with Crippen LogP contribution in [0, 0.1) is 5.92 Å². The van der Waals surface area contributed by atoms with E-state index in [0.29, 0.717) is 17.5 Å². The second-order valence-corrected chi connectivity index (χ2v) is 8.79. The summed E-state index contributed by atoms with van der Waals surface area (Å²) >= 11 is 0. The zero-order chi connectivity index (χ0) is 25.8. The maximum Gasteiger partial charge on any atom is 0.308 e. The van der Waals surface area contributed by atoms with Gasteiger partial charge in [0.15, 0.2) is 5.78 Å². The van der Waals surface area contributed by atoms with Crippen molar-refractivity contribution in [2.75, 3.05) is 19.0 Å². The number of nitrogens with one attached hydrogen (secondary N) is 1. The van der Waals surface area contributed by atoms with Gasteiger partial charge in [-0.25, -0.2) is 0 Å². The van der Waals surface area contributed by atoms with Crippen molar-refractivity contribution in [3.63, 3.8) is 0 Å². The van der Waals surface area contributed by atoms with Crippen molar-refractivity contribution in [2.24, 2.45) is 5.92 Å². The quantitative estimate of drug-likeness (QED) is 0.483. The minimum absolute atomic E-state index is 0.0726. The number of esters is 1. The Labute approximate surface area is 200 Å². The first kappa shape index (κ1) is 23.8. The van der Waals surface area contributed by atoms with Crippen LogP contribution in [0.5, 0.6) is 17.2 Å². The summed E-state index contributed by atoms with van der Waals surface area (Å²) in [6.45, 7) is 2.22. The third-order valence-corrected chi connectivity index (χ3v) is 6.14. The van der Waals surface area contributed by atoms with Gasteiger partial charge in [0.2, 0.25) is 5.91 Å². The Hall–Kier alpha value is -4.34. The Morgan fingerprint density at radius 2 is 1.71 bits per heavy atom. The van der Waals surface area contributed by atoms with Gasteiger partial charge in [-0.1, -0.05) is 0 Å². The SMILES string of the molecule is CC(=O)NC(=O)c1c(O)cc2c(c1O)C(OC(C)=O)=C1C(=O)c3c(O)ccc(N(C)C)c3CC1C2. The number of carbonyl (C=O) groups is 4. The van der Waals surface area contributed by atoms with Crippen LogP contribution in [0.1, 0.15) is 51.3 Å². The molecule has 182 valence electrons. The van der Waals surface area contributed by atoms with Crippen molar-refractivity contribution >= 4 is 35.0 Å². The molecule has 2 amide bonds. The first-order valence-corrected chi connectivity index (χ1v) is 10.8. The molecule has 1 unspecified atom stereocenters. The highest BCUT2D eigenvalue weighted by molar-refractivity contribution is 6.18. The lowest BCUT2D eigenvalue weighted by Gasteiger charge is -2.35. The number of fused-ring (bicyclic) bond motifs is 3. The summed E-state index contributed by atoms with van der Waals surface area (Å²) in [5.74, 6) is -5.38. The van der Waals surface area contributed by atoms with Crippen LogP contribution in [0.15, 0.2) is 23.8 Å². The largest absolute Gasteiger partial charge is 0.507 e. The summed E-state index contributed by atoms with van der Waals surface area (Å²) in [6, 6.07) is 4.37. The number of aromatic hydroxyl groups is 3. The third-order valence-electron chi connectivity index (χ3n) is 6.14. The molecule has 2 aliphatic carbocycles. The molecule has 0 saturated carbocycles. The molecule has 0 aromatic heterocycles. The molecule has 0 saturated heterocycles. The molecule has 0 fully saturated rings. The zero-order valence-corrected chi connectivity index (χ0v) is 19.6. The number of anilines is 1. The van der Waals surface area contributed by atoms with Gasteiger partial charge in [-0.2, -0.15) is 0 Å². The number of Topliss-reactive ketones (excluding diaryl/α,β-unsaturated/α-hetero) is 1. The molecular weight excluding hydrogens is 456 g/mol. The highest BCUT2D eigenvalue weighted by atomic mass is 16.5. The van der Waals surface area contributed by atoms with Crippen LogP contribution >= 0.6 is 0 Å². The Morgan fingerprint density at radius 3 is 2.31 bits per heavy atom. The topological polar surface area (TPSA) is 153 Å². The molecule has 0 aliphatic heterocycles. The number of hydrogen-bond acceptors (Lipinski definition) is 9. The Morgan fingerprint density at radius 1 is 1.03 bits per heavy atom. The van der Waals surface area contributed by atoms with Gasteiger partial charge in [0, 0.05) is 39.2 Å². The van der Waals surface area contributed by atoms with Gasteiger partial charge >= 0.3 is 5.97 Å². The Balaban J connectivity index is 2.00. The van der Waals surface area contributed by atoms with Crippen molar-refractivity contribution < 1.29 is 39.2 Å². The van der Waals surface area contributed by atoms with E-state index < -0.39 is 46.5 Å². The molecule has 0 bridgehead atoms. The molecule has 4 rings (SSSR count). The number of phenolic OH excluding ortho intramolecular Hbond substituents is 3. The van der Waals surface area contributed by atoms with Crippen molar-refractivity contribution in [1.29, 1.82) is 0 Å². The number of rotatable bonds is 3. The molecule has 2 aromatic rings. The van der Waals surface area contributed by atoms with Crippen LogP contribution in [0.3, 0.4) is 0 Å². The number of allylic oxidation sites excluding steroid dienone is 1. The summed E-state index contributed by atoms with van der Waals surface area (Å²) in [5, 5.41) is 34.0. The van der Waals surface area contributed by atoms with Crippen molar-refractivity contribution in [3.05, 3.63) is 51.6 Å². The fourth-order valence-electron chi connectivity index (χ4n) is 4.85. The molecule has 0 heterocycles. The molecule has 0 spiro atoms. The summed E-state index contributed by atoms with van der Waals surface area (Å²) in [6.07, 6.45) is 0.496. The minimum Gasteiger partial charge on any atom is -0.507 e. The second-order valence-electron chi connectivity index (χ2n) is 8.79. The molecule has 35 heavy (non-hydrogen) atoms. The van der Waals surface area contributed by atoms with Crippen molar-refractivity contribution in [2.45, 2.75) is 26.7 Å². The minimum atomic E-state index is -1.06. The first-order chi connectivity index (χ1) is 16.4. The Kier molecular flexibility index (Phi) is 5.75. The predicted molar refractivity (Wildman–Crippen MR) is 124 cm³/mol. The van der Waals surface area contributed by atoms with Crippen molar-refractivity contribution in [3.8, 4) is 17.2 Å². The molecular formula is C25H24N2O8. The maximum atomic E-state index is 13.7. The normalized spacial score (nSPS) is 16.1. The summed E-state index contributed by atoms with van der Waals surface area (Å²) in [7, 11) is 3.62. The van der Waals surface area contributed by atoms with Gasteiger partial charge in [0.25, 0.3) is 5.91 Å². The standard InChI is InChI=1S/C25H24N2O8/c1-10(28)26-25(34)21-17(31)9-13-7-12-8-14-15(27(3)4)5-6-16(30)20(14)22(32)18(12)24(35-11(2)29)19(13)23(21)33/h5-6,9,12,30-31,33H,7-8H2,1-4H3,(H,26,28,34). The summed E-state index contributed by atoms with van der Waals surface area (Å²) < 4.78 is 5.41. The maximum absolute atomic E-state index is 13.7. The average molecular weight is 480 g/mol. The van der Waals surface area contributed by atoms with E-state index in [-0.39, 0.29) is 34.6 Å². The van der Waals surface area contributed by atoms with Crippen LogP contribution < -0.4 is 10.2 Å². The molecule has 1 atom stereocenters. The van der Waals surface area contributed by atoms with Gasteiger partial charge in [0.05, 0.1) is 11.1 Å². The van der Waals surface area contributed by atoms with Crippen LogP contribution in [0.2, 0.25) is 0 Å². The molecule has 0 radical (unpaired) electrons. The van der Waals surface area contributed by atoms with Gasteiger partial charge in [0.1, 0.15) is 28.6 Å². The number of carbonyl (C=O) groups excluding carboxylic acids is 4. The van der Waals surface area contributed by atoms with E-state index >= 15 is 0 Å². The predicted octanol–water partition coefficient (Wildman–Crippen LogP) is 2.03. The first-order valence-electron chi connectivity index (χ1n) is 10.8. The van der Waals surface area contributed by atoms with Crippen LogP contribution in [0.4, 0.5) is 5.69 Å². The lowest BCUT2D eigenvalue weighted by atomic mass is 9.70. The van der Waals surface area contributed by atoms with E-state index in [1.165, 1.54) is 12.1 Å². The number of benzene rings is 2. The van der Waals surface area contributed by atoms with E-state index in [2.05, 4.69) is 0 Å². The monoisotopic (exact) mass is 480 g/mol. The van der Waals surface area contributed by atoms with E-state index in [1.54, 1.807) is 6.07 Å². The third kappa shape index (κ3) is 3.86. The summed E-state index contributed by atoms with van der Waals surface area (Å²) in [4.78, 5) is 51.4. The number of phenols is 3. The van der Waals surface area contributed by atoms with Gasteiger partial charge in [-0.05, 0) is 48.1 Å². The second kappa shape index (κ2) is 8.46. The molecule has 2 aliphatic rings. The van der Waals surface area contributed by atoms with Gasteiger partial charge in [-0.15, -0.1) is 0 Å². The fourth-order valence-corrected chi connectivity index (χ4v) is 4.85. The van der Waals surface area contributed by atoms with E-state index in [0.717, 1.165) is 19.5 Å². The van der Waals surface area contributed by atoms with E-state index in [4.69, 9.17) is 4.74 Å². The highest BCUT2D eigenvalue weighted by Crippen LogP contribution is 2.50. The molecule has 10 nitrogen and oxygen atoms in total. The van der Waals surface area contributed by atoms with E-state index in [1.807, 2.05) is 24.3 Å². The smallest absolute Gasteiger partial charge is 0.308 e. The summed E-state index contributed by atoms with van der Waals surface area (Å²) in [5.41, 5.74) is 1.18. The number of nitrogens with zero attached hydrogens (tertiary/aromatic N) is 1. The van der Waals surface area contributed by atoms with Crippen LogP contribution in [0.25, 0.3) is 5.76 Å². The highest BCUT2D eigenvalue weighted by Gasteiger charge is 2.43. The lowest BCUT2D eigenvalue weighted by molar-refractivity contribution is -0.134. The van der Waals surface area contributed by atoms with Crippen molar-refractivity contribution in [1.82, 2.24) is 5.32 Å². The van der Waals surface area contributed by atoms with E-state index in [9.17, 15) is 34.5 Å². The molecule has 4 N–H and O–H groups in total. The number of imide groups is 1. The fraction of sp³-hybridized carbons (Fsp3) is 0.280. The average Bonchev–Trinajstić information content (AvgIpc) is 2.71. The number of ketones is 1. The number of amides is 2. The zero-order valence-electron chi connectivity index (χ0n) is 19.6. The molecule has 2 aromatic carbocycles.